The lowest BCUT2D eigenvalue weighted by Gasteiger charge is -2.38. The number of halogens is 1. The third-order valence-corrected chi connectivity index (χ3v) is 4.12. The minimum Gasteiger partial charge on any atom is -0.381 e. The van der Waals surface area contributed by atoms with Gasteiger partial charge in [-0.25, -0.2) is 4.98 Å². The molecule has 5 nitrogen and oxygen atoms in total. The maximum atomic E-state index is 6.00. The first-order valence-electron chi connectivity index (χ1n) is 6.28. The van der Waals surface area contributed by atoms with Gasteiger partial charge >= 0.3 is 0 Å². The van der Waals surface area contributed by atoms with Crippen LogP contribution in [-0.4, -0.2) is 46.8 Å². The van der Waals surface area contributed by atoms with Crippen molar-refractivity contribution in [1.29, 1.82) is 0 Å². The first kappa shape index (κ1) is 13.8. The van der Waals surface area contributed by atoms with Crippen LogP contribution in [0.5, 0.6) is 0 Å². The minimum atomic E-state index is 0.333. The average Bonchev–Trinajstić information content (AvgIpc) is 2.71. The molecule has 102 valence electrons. The topological polar surface area (TPSA) is 56.3 Å². The highest BCUT2D eigenvalue weighted by Gasteiger charge is 2.28. The molecule has 2 N–H and O–H groups in total. The molecule has 0 aromatic carbocycles. The molecule has 1 aromatic rings. The lowest BCUT2D eigenvalue weighted by molar-refractivity contribution is 0.00905. The number of ether oxygens (including phenoxy) is 1. The smallest absolute Gasteiger partial charge is 0.128 e. The third-order valence-electron chi connectivity index (χ3n) is 3.77. The van der Waals surface area contributed by atoms with Gasteiger partial charge in [0.25, 0.3) is 0 Å². The summed E-state index contributed by atoms with van der Waals surface area (Å²) in [6.45, 7) is 2.43. The summed E-state index contributed by atoms with van der Waals surface area (Å²) in [6.07, 6.45) is 4.06. The van der Waals surface area contributed by atoms with E-state index in [4.69, 9.17) is 22.1 Å². The molecule has 0 amide bonds. The number of rotatable bonds is 4. The molecular weight excluding hydrogens is 252 g/mol. The Kier molecular flexibility index (Phi) is 4.61. The molecule has 2 atom stereocenters. The molecule has 0 spiro atoms. The molecule has 1 aliphatic rings. The Morgan fingerprint density at radius 3 is 2.94 bits per heavy atom. The number of aromatic nitrogens is 2. The molecule has 1 aliphatic heterocycles. The second-order valence-corrected chi connectivity index (χ2v) is 5.19. The fourth-order valence-electron chi connectivity index (χ4n) is 2.48. The summed E-state index contributed by atoms with van der Waals surface area (Å²) < 4.78 is 7.34. The van der Waals surface area contributed by atoms with Gasteiger partial charge < -0.3 is 15.0 Å². The zero-order valence-electron chi connectivity index (χ0n) is 11.0. The maximum absolute atomic E-state index is 6.00. The van der Waals surface area contributed by atoms with Gasteiger partial charge in [0.2, 0.25) is 0 Å². The molecular formula is C12H21ClN4O. The highest BCUT2D eigenvalue weighted by atomic mass is 35.5. The van der Waals surface area contributed by atoms with Crippen molar-refractivity contribution >= 4 is 11.6 Å². The van der Waals surface area contributed by atoms with Crippen molar-refractivity contribution in [1.82, 2.24) is 14.5 Å². The van der Waals surface area contributed by atoms with E-state index >= 15 is 0 Å². The van der Waals surface area contributed by atoms with Crippen LogP contribution in [0, 0.1) is 0 Å². The minimum absolute atomic E-state index is 0.333. The molecule has 0 aliphatic carbocycles. The molecule has 1 saturated heterocycles. The van der Waals surface area contributed by atoms with Crippen LogP contribution >= 0.6 is 11.6 Å². The first-order valence-corrected chi connectivity index (χ1v) is 6.66. The summed E-state index contributed by atoms with van der Waals surface area (Å²) in [4.78, 5) is 6.70. The molecule has 2 rings (SSSR count). The van der Waals surface area contributed by atoms with Crippen LogP contribution in [0.2, 0.25) is 5.15 Å². The van der Waals surface area contributed by atoms with Gasteiger partial charge in [-0.05, 0) is 12.8 Å². The summed E-state index contributed by atoms with van der Waals surface area (Å²) in [5, 5.41) is 0.668. The maximum Gasteiger partial charge on any atom is 0.128 e. The van der Waals surface area contributed by atoms with E-state index < -0.39 is 0 Å². The number of likely N-dealkylation sites (tertiary alicyclic amines) is 1. The fraction of sp³-hybridized carbons (Fsp3) is 0.750. The van der Waals surface area contributed by atoms with Crippen molar-refractivity contribution in [3.63, 3.8) is 0 Å². The highest BCUT2D eigenvalue weighted by molar-refractivity contribution is 6.29. The van der Waals surface area contributed by atoms with Crippen LogP contribution in [0.15, 0.2) is 6.20 Å². The second-order valence-electron chi connectivity index (χ2n) is 4.80. The van der Waals surface area contributed by atoms with E-state index in [0.717, 1.165) is 31.8 Å². The van der Waals surface area contributed by atoms with E-state index in [1.165, 1.54) is 0 Å². The number of hydrogen-bond acceptors (Lipinski definition) is 4. The van der Waals surface area contributed by atoms with Gasteiger partial charge in [-0.1, -0.05) is 11.6 Å². The van der Waals surface area contributed by atoms with Crippen LogP contribution in [-0.2, 0) is 18.3 Å². The Morgan fingerprint density at radius 2 is 2.39 bits per heavy atom. The van der Waals surface area contributed by atoms with E-state index in [-0.39, 0.29) is 0 Å². The first-order chi connectivity index (χ1) is 8.65. The Bertz CT molecular complexity index is 395. The molecule has 2 heterocycles. The quantitative estimate of drug-likeness (QED) is 0.889. The van der Waals surface area contributed by atoms with E-state index in [1.807, 2.05) is 11.6 Å². The van der Waals surface area contributed by atoms with Gasteiger partial charge in [-0.2, -0.15) is 0 Å². The Morgan fingerprint density at radius 1 is 1.61 bits per heavy atom. The van der Waals surface area contributed by atoms with Crippen molar-refractivity contribution in [3.8, 4) is 0 Å². The summed E-state index contributed by atoms with van der Waals surface area (Å²) >= 11 is 6.00. The summed E-state index contributed by atoms with van der Waals surface area (Å²) in [5.41, 5.74) is 5.86. The Balaban J connectivity index is 2.02. The number of nitrogens with two attached hydrogens (primary N) is 1. The summed E-state index contributed by atoms with van der Waals surface area (Å²) in [5.74, 6) is 0.981. The highest BCUT2D eigenvalue weighted by Crippen LogP contribution is 2.21. The monoisotopic (exact) mass is 272 g/mol. The van der Waals surface area contributed by atoms with E-state index in [1.54, 1.807) is 13.3 Å². The second kappa shape index (κ2) is 6.02. The average molecular weight is 273 g/mol. The molecule has 1 aromatic heterocycles. The third kappa shape index (κ3) is 2.85. The number of imidazole rings is 1. The largest absolute Gasteiger partial charge is 0.381 e. The fourth-order valence-corrected chi connectivity index (χ4v) is 2.63. The van der Waals surface area contributed by atoms with Crippen molar-refractivity contribution in [2.75, 3.05) is 20.2 Å². The van der Waals surface area contributed by atoms with Crippen molar-refractivity contribution in [2.24, 2.45) is 12.8 Å². The molecule has 18 heavy (non-hydrogen) atoms. The Hall–Kier alpha value is -0.620. The van der Waals surface area contributed by atoms with Crippen molar-refractivity contribution in [3.05, 3.63) is 17.2 Å². The van der Waals surface area contributed by atoms with Crippen LogP contribution < -0.4 is 5.73 Å². The molecule has 0 radical (unpaired) electrons. The predicted molar refractivity (Wildman–Crippen MR) is 71.5 cm³/mol. The summed E-state index contributed by atoms with van der Waals surface area (Å²) in [6, 6.07) is 0.360. The van der Waals surface area contributed by atoms with E-state index in [9.17, 15) is 0 Å². The van der Waals surface area contributed by atoms with E-state index in [2.05, 4.69) is 9.88 Å². The molecule has 6 heteroatoms. The Labute approximate surface area is 113 Å². The number of methoxy groups -OCH3 is 1. The molecule has 0 saturated carbocycles. The molecule has 2 unspecified atom stereocenters. The van der Waals surface area contributed by atoms with E-state index in [0.29, 0.717) is 23.8 Å². The van der Waals surface area contributed by atoms with Crippen LogP contribution in [0.4, 0.5) is 0 Å². The van der Waals surface area contributed by atoms with Crippen LogP contribution in [0.1, 0.15) is 18.7 Å². The van der Waals surface area contributed by atoms with Crippen molar-refractivity contribution < 1.29 is 4.74 Å². The van der Waals surface area contributed by atoms with Gasteiger partial charge in [0.1, 0.15) is 11.0 Å². The zero-order valence-corrected chi connectivity index (χ0v) is 11.7. The predicted octanol–water partition coefficient (Wildman–Crippen LogP) is 1.01. The van der Waals surface area contributed by atoms with Crippen molar-refractivity contribution in [2.45, 2.75) is 31.5 Å². The van der Waals surface area contributed by atoms with Crippen LogP contribution in [0.25, 0.3) is 0 Å². The zero-order chi connectivity index (χ0) is 13.1. The van der Waals surface area contributed by atoms with Gasteiger partial charge in [-0.15, -0.1) is 0 Å². The van der Waals surface area contributed by atoms with Gasteiger partial charge in [0.15, 0.2) is 0 Å². The standard InChI is InChI=1S/C12H21ClN4O/c1-16-11(13)7-15-12(16)8-17-4-3-10(18-2)5-9(17)6-14/h7,9-10H,3-6,8,14H2,1-2H3. The van der Waals surface area contributed by atoms with Gasteiger partial charge in [-0.3, -0.25) is 4.90 Å². The number of nitrogens with zero attached hydrogens (tertiary/aromatic N) is 3. The van der Waals surface area contributed by atoms with Gasteiger partial charge in [0.05, 0.1) is 18.8 Å². The number of piperidine rings is 1. The SMILES string of the molecule is COC1CCN(Cc2ncc(Cl)n2C)C(CN)C1. The van der Waals surface area contributed by atoms with Crippen LogP contribution in [0.3, 0.4) is 0 Å². The van der Waals surface area contributed by atoms with Gasteiger partial charge in [0, 0.05) is 33.3 Å². The normalized spacial score (nSPS) is 25.6. The lowest BCUT2D eigenvalue weighted by Crippen LogP contribution is -2.48. The number of hydrogen-bond donors (Lipinski definition) is 1. The summed E-state index contributed by atoms with van der Waals surface area (Å²) in [7, 11) is 3.70. The molecule has 0 bridgehead atoms. The lowest BCUT2D eigenvalue weighted by atomic mass is 9.99. The molecule has 1 fully saturated rings.